The van der Waals surface area contributed by atoms with E-state index in [0.717, 1.165) is 51.8 Å². The maximum Gasteiger partial charge on any atom is 0.203 e. The van der Waals surface area contributed by atoms with Crippen molar-refractivity contribution in [2.45, 2.75) is 13.8 Å². The third-order valence-corrected chi connectivity index (χ3v) is 4.70. The minimum absolute atomic E-state index is 0.711. The molecular weight excluding hydrogens is 394 g/mol. The van der Waals surface area contributed by atoms with Gasteiger partial charge in [0.2, 0.25) is 5.36 Å². The average Bonchev–Trinajstić information content (AvgIpc) is 2.74. The summed E-state index contributed by atoms with van der Waals surface area (Å²) in [5.41, 5.74) is 9.33. The Labute approximate surface area is 169 Å². The second-order valence-electron chi connectivity index (χ2n) is 6.17. The molecule has 2 aromatic rings. The minimum atomic E-state index is -2.88. The molecule has 0 saturated heterocycles. The van der Waals surface area contributed by atoms with Crippen molar-refractivity contribution in [3.63, 3.8) is 0 Å². The molecule has 0 spiro atoms. The van der Waals surface area contributed by atoms with E-state index in [9.17, 15) is 0 Å². The summed E-state index contributed by atoms with van der Waals surface area (Å²) < 4.78 is 28.5. The monoisotopic (exact) mass is 414 g/mol. The lowest BCUT2D eigenvalue weighted by Gasteiger charge is -2.10. The number of hydrogen-bond acceptors (Lipinski definition) is 7. The van der Waals surface area contributed by atoms with Gasteiger partial charge in [0.15, 0.2) is 11.3 Å². The Hall–Kier alpha value is -2.85. The number of nitrogens with zero attached hydrogens (tertiary/aromatic N) is 2. The summed E-state index contributed by atoms with van der Waals surface area (Å²) in [7, 11) is 0. The molecule has 4 rings (SSSR count). The van der Waals surface area contributed by atoms with E-state index in [1.54, 1.807) is 0 Å². The fraction of sp³-hybridized carbons (Fsp3) is 0.200. The molecule has 1 heterocycles. The summed E-state index contributed by atoms with van der Waals surface area (Å²) in [6, 6.07) is 16.1. The van der Waals surface area contributed by atoms with Crippen LogP contribution in [0.15, 0.2) is 52.9 Å². The number of fused-ring (bicyclic) bond motifs is 4. The van der Waals surface area contributed by atoms with Crippen LogP contribution in [0.1, 0.15) is 13.8 Å². The van der Waals surface area contributed by atoms with Gasteiger partial charge in [-0.05, 0) is 19.9 Å². The lowest BCUT2D eigenvalue weighted by Crippen LogP contribution is -2.29. The third kappa shape index (κ3) is 4.43. The second kappa shape index (κ2) is 9.10. The van der Waals surface area contributed by atoms with Gasteiger partial charge in [-0.15, -0.1) is 0 Å². The third-order valence-electron chi connectivity index (χ3n) is 4.59. The lowest BCUT2D eigenvalue weighted by molar-refractivity contribution is -0.635. The Kier molecular flexibility index (Phi) is 6.55. The van der Waals surface area contributed by atoms with Gasteiger partial charge in [0.1, 0.15) is 24.3 Å². The molecule has 0 bridgehead atoms. The molecule has 2 aromatic carbocycles. The van der Waals surface area contributed by atoms with Crippen LogP contribution in [0.2, 0.25) is 0 Å². The summed E-state index contributed by atoms with van der Waals surface area (Å²) in [5, 5.41) is 11.7. The van der Waals surface area contributed by atoms with Crippen molar-refractivity contribution >= 4 is 38.9 Å². The summed E-state index contributed by atoms with van der Waals surface area (Å²) in [4.78, 5) is 4.83. The number of benzene rings is 3. The lowest BCUT2D eigenvalue weighted by atomic mass is 10.1. The van der Waals surface area contributed by atoms with Gasteiger partial charge in [0, 0.05) is 28.6 Å². The molecule has 29 heavy (non-hydrogen) atoms. The van der Waals surface area contributed by atoms with E-state index in [-0.39, 0.29) is 0 Å². The molecule has 0 radical (unpaired) electrons. The molecule has 152 valence electrons. The van der Waals surface area contributed by atoms with Gasteiger partial charge in [-0.2, -0.15) is 0 Å². The van der Waals surface area contributed by atoms with Crippen molar-refractivity contribution in [3.8, 4) is 11.5 Å². The molecule has 1 aliphatic heterocycles. The Balaban J connectivity index is 0.000000431. The number of rotatable bonds is 3. The summed E-state index contributed by atoms with van der Waals surface area (Å²) >= 11 is -2.88. The van der Waals surface area contributed by atoms with E-state index in [1.165, 1.54) is 0 Å². The Bertz CT molecular complexity index is 1220. The number of nitrogen functional groups attached to an aromatic ring is 1. The van der Waals surface area contributed by atoms with E-state index in [0.29, 0.717) is 5.69 Å². The predicted octanol–water partition coefficient (Wildman–Crippen LogP) is 1.55. The molecule has 0 fully saturated rings. The first-order valence-electron chi connectivity index (χ1n) is 8.97. The summed E-state index contributed by atoms with van der Waals surface area (Å²) in [5.74, 6) is 0.779. The zero-order chi connectivity index (χ0) is 21.0. The molecule has 0 amide bonds. The van der Waals surface area contributed by atoms with Crippen LogP contribution in [-0.2, 0) is 15.7 Å². The normalized spacial score (nSPS) is 12.0. The summed E-state index contributed by atoms with van der Waals surface area (Å²) in [6.45, 7) is 6.22. The second-order valence-corrected chi connectivity index (χ2v) is 6.71. The van der Waals surface area contributed by atoms with Crippen molar-refractivity contribution in [2.75, 3.05) is 18.8 Å². The first kappa shape index (κ1) is 20.9. The van der Waals surface area contributed by atoms with Crippen LogP contribution in [0, 0.1) is 0 Å². The fourth-order valence-corrected chi connectivity index (χ4v) is 3.26. The van der Waals surface area contributed by atoms with Gasteiger partial charge >= 0.3 is 0 Å². The first-order valence-corrected chi connectivity index (χ1v) is 9.97. The van der Waals surface area contributed by atoms with Crippen LogP contribution in [0.3, 0.4) is 0 Å². The smallest absolute Gasteiger partial charge is 0.203 e. The van der Waals surface area contributed by atoms with Crippen LogP contribution in [0.5, 0.6) is 0 Å². The Morgan fingerprint density at radius 2 is 1.79 bits per heavy atom. The van der Waals surface area contributed by atoms with E-state index < -0.39 is 11.4 Å². The highest BCUT2D eigenvalue weighted by molar-refractivity contribution is 7.73. The highest BCUT2D eigenvalue weighted by Crippen LogP contribution is 2.32. The predicted molar refractivity (Wildman–Crippen MR) is 109 cm³/mol. The quantitative estimate of drug-likeness (QED) is 0.102. The van der Waals surface area contributed by atoms with E-state index in [4.69, 9.17) is 29.2 Å². The molecule has 2 aliphatic rings. The Morgan fingerprint density at radius 3 is 2.41 bits per heavy atom. The molecule has 0 saturated carbocycles. The SMILES string of the molecule is CC[N+](CC)=c1ccc2nc3c(cc(N)c4ccccc43)oc-2c1.O=S([O-])O[O-]. The van der Waals surface area contributed by atoms with Crippen LogP contribution < -0.4 is 20.9 Å². The zero-order valence-corrected chi connectivity index (χ0v) is 16.8. The maximum atomic E-state index is 8.83. The van der Waals surface area contributed by atoms with E-state index in [2.05, 4.69) is 34.9 Å². The van der Waals surface area contributed by atoms with Crippen LogP contribution in [-0.4, -0.2) is 26.8 Å². The molecule has 1 atom stereocenters. The van der Waals surface area contributed by atoms with Crippen molar-refractivity contribution in [3.05, 3.63) is 53.9 Å². The number of nitrogens with two attached hydrogens (primary N) is 1. The van der Waals surface area contributed by atoms with Crippen LogP contribution in [0.25, 0.3) is 33.3 Å². The van der Waals surface area contributed by atoms with Gasteiger partial charge in [-0.3, -0.25) is 0 Å². The highest BCUT2D eigenvalue weighted by Gasteiger charge is 2.14. The van der Waals surface area contributed by atoms with Gasteiger partial charge in [-0.25, -0.2) is 13.8 Å². The zero-order valence-electron chi connectivity index (χ0n) is 16.0. The largest absolute Gasteiger partial charge is 0.750 e. The van der Waals surface area contributed by atoms with Crippen molar-refractivity contribution < 1.29 is 22.8 Å². The molecule has 1 aliphatic carbocycles. The van der Waals surface area contributed by atoms with Gasteiger partial charge in [0.05, 0.1) is 17.4 Å². The van der Waals surface area contributed by atoms with E-state index in [1.807, 2.05) is 36.4 Å². The summed E-state index contributed by atoms with van der Waals surface area (Å²) in [6.07, 6.45) is 0. The molecule has 0 aromatic heterocycles. The average molecular weight is 414 g/mol. The number of anilines is 1. The molecule has 1 unspecified atom stereocenters. The van der Waals surface area contributed by atoms with Crippen LogP contribution in [0.4, 0.5) is 5.69 Å². The van der Waals surface area contributed by atoms with Crippen LogP contribution >= 0.6 is 0 Å². The van der Waals surface area contributed by atoms with Crippen molar-refractivity contribution in [1.82, 2.24) is 9.56 Å². The first-order chi connectivity index (χ1) is 14.0. The molecule has 2 N–H and O–H groups in total. The minimum Gasteiger partial charge on any atom is -0.750 e. The van der Waals surface area contributed by atoms with E-state index >= 15 is 0 Å². The standard InChI is InChI=1S/C20H19N3O.H2O4S/c1-3-23(4-2)13-9-10-17-18(11-13)24-19-12-16(21)14-7-5-6-8-15(14)20(19)22-17;1-4-5(2)3/h5-12,21H,3-4H2,1-2H3;1H,(H,2,3)/p-1. The molecular formula is C20H20N3O5S-. The van der Waals surface area contributed by atoms with Gasteiger partial charge in [-0.1, -0.05) is 24.3 Å². The number of aromatic nitrogens is 1. The van der Waals surface area contributed by atoms with Gasteiger partial charge in [0.25, 0.3) is 0 Å². The molecule has 9 heteroatoms. The van der Waals surface area contributed by atoms with Crippen molar-refractivity contribution in [2.24, 2.45) is 0 Å². The fourth-order valence-electron chi connectivity index (χ4n) is 3.26. The Morgan fingerprint density at radius 1 is 1.14 bits per heavy atom. The van der Waals surface area contributed by atoms with Gasteiger partial charge < -0.3 is 24.3 Å². The topological polar surface area (TPSA) is 127 Å². The highest BCUT2D eigenvalue weighted by atomic mass is 32.2. The maximum absolute atomic E-state index is 8.83. The number of hydrogen-bond donors (Lipinski definition) is 1. The van der Waals surface area contributed by atoms with Crippen molar-refractivity contribution in [1.29, 1.82) is 0 Å². The molecule has 8 nitrogen and oxygen atoms in total.